The molecule has 0 fully saturated rings. The Bertz CT molecular complexity index is 526. The summed E-state index contributed by atoms with van der Waals surface area (Å²) in [5, 5.41) is 0. The number of rotatable bonds is 1. The maximum Gasteiger partial charge on any atom is 0.419 e. The Morgan fingerprint density at radius 3 is 2.12 bits per heavy atom. The zero-order valence-electron chi connectivity index (χ0n) is 7.15. The Morgan fingerprint density at radius 1 is 1.25 bits per heavy atom. The lowest BCUT2D eigenvalue weighted by atomic mass is 10.2. The van der Waals surface area contributed by atoms with Crippen molar-refractivity contribution in [3.63, 3.8) is 0 Å². The fourth-order valence-electron chi connectivity index (χ4n) is 0.933. The van der Waals surface area contributed by atoms with Gasteiger partial charge in [0.15, 0.2) is 0 Å². The van der Waals surface area contributed by atoms with E-state index < -0.39 is 36.0 Å². The van der Waals surface area contributed by atoms with Gasteiger partial charge in [-0.2, -0.15) is 13.2 Å². The summed E-state index contributed by atoms with van der Waals surface area (Å²) >= 11 is 2.58. The summed E-state index contributed by atoms with van der Waals surface area (Å²) in [6, 6.07) is 0.542. The normalized spacial score (nSPS) is 12.9. The highest BCUT2D eigenvalue weighted by molar-refractivity contribution is 9.10. The molecule has 0 saturated carbocycles. The van der Waals surface area contributed by atoms with E-state index in [4.69, 9.17) is 10.7 Å². The predicted molar refractivity (Wildman–Crippen MR) is 52.1 cm³/mol. The first-order chi connectivity index (χ1) is 7.03. The van der Waals surface area contributed by atoms with Gasteiger partial charge in [0.05, 0.1) is 10.5 Å². The van der Waals surface area contributed by atoms with Crippen LogP contribution in [0.4, 0.5) is 17.6 Å². The van der Waals surface area contributed by atoms with Crippen LogP contribution >= 0.6 is 26.6 Å². The number of hydrogen-bond donors (Lipinski definition) is 0. The summed E-state index contributed by atoms with van der Waals surface area (Å²) in [5.74, 6) is -1.70. The first kappa shape index (κ1) is 13.7. The van der Waals surface area contributed by atoms with Crippen LogP contribution in [0.2, 0.25) is 0 Å². The monoisotopic (exact) mass is 340 g/mol. The minimum atomic E-state index is -4.90. The average molecular weight is 342 g/mol. The lowest BCUT2D eigenvalue weighted by Crippen LogP contribution is -2.09. The highest BCUT2D eigenvalue weighted by atomic mass is 79.9. The molecule has 0 N–H and O–H groups in total. The van der Waals surface area contributed by atoms with E-state index >= 15 is 0 Å². The molecule has 2 nitrogen and oxygen atoms in total. The van der Waals surface area contributed by atoms with Crippen molar-refractivity contribution in [1.82, 2.24) is 0 Å². The summed E-state index contributed by atoms with van der Waals surface area (Å²) < 4.78 is 70.9. The van der Waals surface area contributed by atoms with E-state index in [1.807, 2.05) is 0 Å². The van der Waals surface area contributed by atoms with Crippen molar-refractivity contribution in [2.75, 3.05) is 0 Å². The molecule has 0 amide bonds. The largest absolute Gasteiger partial charge is 0.419 e. The van der Waals surface area contributed by atoms with Crippen molar-refractivity contribution in [3.05, 3.63) is 28.0 Å². The van der Waals surface area contributed by atoms with Gasteiger partial charge >= 0.3 is 6.18 Å². The Morgan fingerprint density at radius 2 is 1.75 bits per heavy atom. The van der Waals surface area contributed by atoms with E-state index in [1.165, 1.54) is 0 Å². The van der Waals surface area contributed by atoms with Crippen LogP contribution in [0, 0.1) is 5.82 Å². The molecule has 90 valence electrons. The maximum absolute atomic E-state index is 13.0. The number of hydrogen-bond acceptors (Lipinski definition) is 2. The van der Waals surface area contributed by atoms with E-state index in [1.54, 1.807) is 0 Å². The maximum atomic E-state index is 13.0. The van der Waals surface area contributed by atoms with Crippen LogP contribution in [0.5, 0.6) is 0 Å². The molecule has 0 aromatic heterocycles. The summed E-state index contributed by atoms with van der Waals surface area (Å²) in [7, 11) is 0.596. The SMILES string of the molecule is O=S(=O)(Cl)c1cc(F)c(C(F)(F)F)cc1Br. The summed E-state index contributed by atoms with van der Waals surface area (Å²) in [5.41, 5.74) is -1.57. The quantitative estimate of drug-likeness (QED) is 0.578. The molecular weight excluding hydrogens is 339 g/mol. The first-order valence-corrected chi connectivity index (χ1v) is 6.64. The second-order valence-electron chi connectivity index (χ2n) is 2.70. The molecule has 0 aliphatic carbocycles. The highest BCUT2D eigenvalue weighted by Crippen LogP contribution is 2.36. The Kier molecular flexibility index (Phi) is 3.56. The molecule has 9 heteroatoms. The average Bonchev–Trinajstić information content (AvgIpc) is 2.04. The van der Waals surface area contributed by atoms with E-state index in [2.05, 4.69) is 15.9 Å². The molecule has 0 atom stereocenters. The molecule has 0 bridgehead atoms. The van der Waals surface area contributed by atoms with Crippen molar-refractivity contribution in [1.29, 1.82) is 0 Å². The van der Waals surface area contributed by atoms with Gasteiger partial charge in [-0.3, -0.25) is 0 Å². The molecule has 0 heterocycles. The fourth-order valence-corrected chi connectivity index (χ4v) is 3.11. The molecule has 0 aliphatic rings. The standard InChI is InChI=1S/C7H2BrClF4O2S/c8-4-1-3(7(11,12)13)5(10)2-6(4)16(9,14)15/h1-2H. The minimum absolute atomic E-state index is 0.218. The zero-order chi connectivity index (χ0) is 12.7. The minimum Gasteiger partial charge on any atom is -0.207 e. The van der Waals surface area contributed by atoms with Crippen molar-refractivity contribution in [3.8, 4) is 0 Å². The molecule has 0 spiro atoms. The van der Waals surface area contributed by atoms with Crippen LogP contribution in [0.25, 0.3) is 0 Å². The van der Waals surface area contributed by atoms with Crippen molar-refractivity contribution in [2.45, 2.75) is 11.1 Å². The molecule has 16 heavy (non-hydrogen) atoms. The summed E-state index contributed by atoms with van der Waals surface area (Å²) in [4.78, 5) is -0.750. The second kappa shape index (κ2) is 4.15. The van der Waals surface area contributed by atoms with Crippen molar-refractivity contribution in [2.24, 2.45) is 0 Å². The number of alkyl halides is 3. The molecule has 1 aromatic rings. The van der Waals surface area contributed by atoms with Crippen LogP contribution in [-0.2, 0) is 15.2 Å². The van der Waals surface area contributed by atoms with Gasteiger partial charge in [0, 0.05) is 15.2 Å². The molecular formula is C7H2BrClF4O2S. The highest BCUT2D eigenvalue weighted by Gasteiger charge is 2.35. The van der Waals surface area contributed by atoms with Gasteiger partial charge in [-0.05, 0) is 28.1 Å². The molecule has 1 rings (SSSR count). The fraction of sp³-hybridized carbons (Fsp3) is 0.143. The van der Waals surface area contributed by atoms with Crippen molar-refractivity contribution >= 4 is 35.7 Å². The zero-order valence-corrected chi connectivity index (χ0v) is 10.3. The third-order valence-corrected chi connectivity index (χ3v) is 3.87. The van der Waals surface area contributed by atoms with Gasteiger partial charge < -0.3 is 0 Å². The lowest BCUT2D eigenvalue weighted by molar-refractivity contribution is -0.140. The van der Waals surface area contributed by atoms with Gasteiger partial charge in [-0.15, -0.1) is 0 Å². The third kappa shape index (κ3) is 2.86. The van der Waals surface area contributed by atoms with Crippen molar-refractivity contribution < 1.29 is 26.0 Å². The molecule has 1 aromatic carbocycles. The lowest BCUT2D eigenvalue weighted by Gasteiger charge is -2.10. The summed E-state index contributed by atoms with van der Waals surface area (Å²) in [6.07, 6.45) is -4.90. The molecule has 0 saturated heterocycles. The molecule has 0 unspecified atom stereocenters. The molecule has 0 aliphatic heterocycles. The van der Waals surface area contributed by atoms with E-state index in [0.29, 0.717) is 6.07 Å². The van der Waals surface area contributed by atoms with E-state index in [0.717, 1.165) is 0 Å². The van der Waals surface area contributed by atoms with Gasteiger partial charge in [0.1, 0.15) is 5.82 Å². The summed E-state index contributed by atoms with van der Waals surface area (Å²) in [6.45, 7) is 0. The van der Waals surface area contributed by atoms with Gasteiger partial charge in [-0.1, -0.05) is 0 Å². The van der Waals surface area contributed by atoms with E-state index in [-0.39, 0.29) is 6.07 Å². The second-order valence-corrected chi connectivity index (χ2v) is 6.09. The van der Waals surface area contributed by atoms with Gasteiger partial charge in [0.2, 0.25) is 0 Å². The topological polar surface area (TPSA) is 34.1 Å². The first-order valence-electron chi connectivity index (χ1n) is 3.54. The van der Waals surface area contributed by atoms with Crippen LogP contribution in [0.15, 0.2) is 21.5 Å². The van der Waals surface area contributed by atoms with Gasteiger partial charge in [0.25, 0.3) is 9.05 Å². The van der Waals surface area contributed by atoms with Crippen LogP contribution in [0.3, 0.4) is 0 Å². The third-order valence-electron chi connectivity index (χ3n) is 1.59. The number of halogens is 6. The van der Waals surface area contributed by atoms with E-state index in [9.17, 15) is 26.0 Å². The Balaban J connectivity index is 3.52. The van der Waals surface area contributed by atoms with Crippen LogP contribution in [0.1, 0.15) is 5.56 Å². The Hall–Kier alpha value is -0.340. The smallest absolute Gasteiger partial charge is 0.207 e. The predicted octanol–water partition coefficient (Wildman–Crippen LogP) is 3.53. The van der Waals surface area contributed by atoms with Crippen LogP contribution < -0.4 is 0 Å². The van der Waals surface area contributed by atoms with Gasteiger partial charge in [-0.25, -0.2) is 12.8 Å². The molecule has 0 radical (unpaired) electrons. The van der Waals surface area contributed by atoms with Crippen LogP contribution in [-0.4, -0.2) is 8.42 Å². The Labute approximate surface area is 101 Å². The number of benzene rings is 1.